The van der Waals surface area contributed by atoms with Gasteiger partial charge in [0.1, 0.15) is 0 Å². The summed E-state index contributed by atoms with van der Waals surface area (Å²) in [7, 11) is 2.02. The van der Waals surface area contributed by atoms with Gasteiger partial charge in [-0.05, 0) is 84.5 Å². The molecular formula is C49H58N4O6. The normalized spacial score (nSPS) is 17.6. The second kappa shape index (κ2) is 21.6. The molecule has 1 aliphatic heterocycles. The van der Waals surface area contributed by atoms with Crippen molar-refractivity contribution in [2.24, 2.45) is 0 Å². The summed E-state index contributed by atoms with van der Waals surface area (Å²) < 4.78 is 13.4. The summed E-state index contributed by atoms with van der Waals surface area (Å²) in [4.78, 5) is 27.1. The summed E-state index contributed by atoms with van der Waals surface area (Å²) in [6.07, 6.45) is 3.04. The molecule has 5 aromatic carbocycles. The zero-order valence-electron chi connectivity index (χ0n) is 34.1. The van der Waals surface area contributed by atoms with Gasteiger partial charge >= 0.3 is 0 Å². The number of para-hydroxylation sites is 2. The van der Waals surface area contributed by atoms with Crippen LogP contribution in [0.15, 0.2) is 127 Å². The third-order valence-corrected chi connectivity index (χ3v) is 11.1. The SMILES string of the molecule is C[C@H]([C@@H](O)c1ccccc1)N(C)C[C@H]1C[C@@H](c2ccc(CO)cc2)O[C@@H](c2cccc(-c3cccc(CNC(=O)CCCCCCC(=O)Nc4ccccc4N)c3)c2)O1. The molecule has 1 saturated heterocycles. The number of carbonyl (C=O) groups excluding carboxylic acids is 2. The van der Waals surface area contributed by atoms with E-state index in [1.54, 1.807) is 12.1 Å². The van der Waals surface area contributed by atoms with Gasteiger partial charge in [0, 0.05) is 44.0 Å². The third kappa shape index (κ3) is 12.6. The lowest BCUT2D eigenvalue weighted by molar-refractivity contribution is -0.253. The van der Waals surface area contributed by atoms with Crippen LogP contribution < -0.4 is 16.4 Å². The van der Waals surface area contributed by atoms with Gasteiger partial charge in [0.2, 0.25) is 11.8 Å². The number of benzene rings is 5. The van der Waals surface area contributed by atoms with Crippen molar-refractivity contribution in [1.82, 2.24) is 10.2 Å². The first kappa shape index (κ1) is 43.2. The van der Waals surface area contributed by atoms with E-state index in [1.807, 2.05) is 105 Å². The van der Waals surface area contributed by atoms with Crippen molar-refractivity contribution in [3.63, 3.8) is 0 Å². The quantitative estimate of drug-likeness (QED) is 0.0413. The lowest BCUT2D eigenvalue weighted by Crippen LogP contribution is -2.43. The maximum absolute atomic E-state index is 12.7. The Kier molecular flexibility index (Phi) is 15.8. The average Bonchev–Trinajstić information content (AvgIpc) is 3.27. The number of likely N-dealkylation sites (N-methyl/N-ethyl adjacent to an activating group) is 1. The highest BCUT2D eigenvalue weighted by Crippen LogP contribution is 2.39. The molecule has 1 heterocycles. The van der Waals surface area contributed by atoms with Gasteiger partial charge in [0.15, 0.2) is 6.29 Å². The van der Waals surface area contributed by atoms with Gasteiger partial charge in [0.05, 0.1) is 36.3 Å². The molecule has 59 heavy (non-hydrogen) atoms. The van der Waals surface area contributed by atoms with E-state index in [1.165, 1.54) is 0 Å². The minimum absolute atomic E-state index is 0.00557. The van der Waals surface area contributed by atoms with Crippen LogP contribution >= 0.6 is 0 Å². The Morgan fingerprint density at radius 3 is 2.17 bits per heavy atom. The monoisotopic (exact) mass is 798 g/mol. The van der Waals surface area contributed by atoms with Crippen LogP contribution in [0.1, 0.15) is 98.2 Å². The molecule has 0 unspecified atom stereocenters. The summed E-state index contributed by atoms with van der Waals surface area (Å²) in [5.41, 5.74) is 13.7. The van der Waals surface area contributed by atoms with Crippen LogP contribution in [0, 0.1) is 0 Å². The predicted molar refractivity (Wildman–Crippen MR) is 233 cm³/mol. The van der Waals surface area contributed by atoms with Crippen molar-refractivity contribution in [3.8, 4) is 11.1 Å². The van der Waals surface area contributed by atoms with Gasteiger partial charge in [-0.2, -0.15) is 0 Å². The number of nitrogen functional groups attached to an aromatic ring is 1. The molecule has 10 nitrogen and oxygen atoms in total. The fourth-order valence-corrected chi connectivity index (χ4v) is 7.45. The standard InChI is InChI=1S/C49H58N4O6/c1-34(48(57)38-15-6-5-7-16-38)53(2)32-42-30-45(37-26-24-35(33-54)25-27-37)59-49(58-42)41-19-13-18-40(29-41)39-17-12-14-36(28-39)31-51-46(55)22-8-3-4-9-23-47(56)52-44-21-11-10-20-43(44)50/h5-7,10-21,24-29,34,42,45,48-49,54,57H,3-4,8-9,22-23,30-33,50H2,1-2H3,(H,51,55)(H,52,56)/t34-,42-,45+,48-,49+/m1/s1. The fourth-order valence-electron chi connectivity index (χ4n) is 7.45. The first-order valence-corrected chi connectivity index (χ1v) is 20.7. The number of aliphatic hydroxyl groups is 2. The van der Waals surface area contributed by atoms with E-state index in [0.717, 1.165) is 64.6 Å². The van der Waals surface area contributed by atoms with Crippen LogP contribution in [0.5, 0.6) is 0 Å². The van der Waals surface area contributed by atoms with Gasteiger partial charge < -0.3 is 36.1 Å². The molecule has 310 valence electrons. The lowest BCUT2D eigenvalue weighted by Gasteiger charge is -2.39. The maximum atomic E-state index is 12.7. The van der Waals surface area contributed by atoms with Gasteiger partial charge in [-0.1, -0.05) is 116 Å². The highest BCUT2D eigenvalue weighted by molar-refractivity contribution is 5.93. The zero-order valence-corrected chi connectivity index (χ0v) is 34.1. The Labute approximate surface area is 348 Å². The van der Waals surface area contributed by atoms with Gasteiger partial charge in [-0.25, -0.2) is 0 Å². The number of aliphatic hydroxyl groups excluding tert-OH is 2. The summed E-state index contributed by atoms with van der Waals surface area (Å²) >= 11 is 0. The van der Waals surface area contributed by atoms with Crippen molar-refractivity contribution >= 4 is 23.2 Å². The van der Waals surface area contributed by atoms with Crippen LogP contribution in [-0.4, -0.2) is 52.7 Å². The van der Waals surface area contributed by atoms with E-state index < -0.39 is 12.4 Å². The molecule has 0 bridgehead atoms. The zero-order chi connectivity index (χ0) is 41.6. The molecule has 2 amide bonds. The molecule has 1 fully saturated rings. The van der Waals surface area contributed by atoms with Crippen LogP contribution in [0.4, 0.5) is 11.4 Å². The number of ether oxygens (including phenoxy) is 2. The molecule has 5 aromatic rings. The van der Waals surface area contributed by atoms with Crippen molar-refractivity contribution < 1.29 is 29.3 Å². The fraction of sp³-hybridized carbons (Fsp3) is 0.347. The van der Waals surface area contributed by atoms with Crippen molar-refractivity contribution in [2.45, 2.75) is 95.7 Å². The second-order valence-electron chi connectivity index (χ2n) is 15.5. The van der Waals surface area contributed by atoms with Crippen molar-refractivity contribution in [1.29, 1.82) is 0 Å². The lowest BCUT2D eigenvalue weighted by atomic mass is 9.97. The van der Waals surface area contributed by atoms with E-state index in [4.69, 9.17) is 15.2 Å². The molecule has 0 spiro atoms. The number of nitrogens with zero attached hydrogens (tertiary/aromatic N) is 1. The third-order valence-electron chi connectivity index (χ3n) is 11.1. The molecule has 10 heteroatoms. The molecule has 0 aliphatic carbocycles. The topological polar surface area (TPSA) is 146 Å². The first-order valence-electron chi connectivity index (χ1n) is 20.7. The summed E-state index contributed by atoms with van der Waals surface area (Å²) in [6.45, 7) is 3.02. The molecule has 0 aromatic heterocycles. The Morgan fingerprint density at radius 1 is 0.763 bits per heavy atom. The maximum Gasteiger partial charge on any atom is 0.224 e. The van der Waals surface area contributed by atoms with Crippen molar-refractivity contribution in [2.75, 3.05) is 24.6 Å². The molecule has 0 saturated carbocycles. The molecular weight excluding hydrogens is 741 g/mol. The van der Waals surface area contributed by atoms with E-state index in [-0.39, 0.29) is 36.7 Å². The largest absolute Gasteiger partial charge is 0.397 e. The van der Waals surface area contributed by atoms with Gasteiger partial charge in [-0.3, -0.25) is 14.5 Å². The smallest absolute Gasteiger partial charge is 0.224 e. The molecule has 0 radical (unpaired) electrons. The highest BCUT2D eigenvalue weighted by atomic mass is 16.7. The Hall–Kier alpha value is -5.36. The van der Waals surface area contributed by atoms with E-state index in [9.17, 15) is 19.8 Å². The van der Waals surface area contributed by atoms with E-state index >= 15 is 0 Å². The van der Waals surface area contributed by atoms with Crippen LogP contribution in [0.2, 0.25) is 0 Å². The number of rotatable bonds is 19. The second-order valence-corrected chi connectivity index (χ2v) is 15.5. The minimum Gasteiger partial charge on any atom is -0.397 e. The molecule has 6 N–H and O–H groups in total. The first-order chi connectivity index (χ1) is 28.7. The summed E-state index contributed by atoms with van der Waals surface area (Å²) in [5.74, 6) is -0.0502. The van der Waals surface area contributed by atoms with Gasteiger partial charge in [-0.15, -0.1) is 0 Å². The Balaban J connectivity index is 1.03. The summed E-state index contributed by atoms with van der Waals surface area (Å²) in [5, 5.41) is 26.7. The highest BCUT2D eigenvalue weighted by Gasteiger charge is 2.34. The van der Waals surface area contributed by atoms with Crippen LogP contribution in [0.3, 0.4) is 0 Å². The summed E-state index contributed by atoms with van der Waals surface area (Å²) in [6, 6.07) is 41.0. The van der Waals surface area contributed by atoms with Crippen molar-refractivity contribution in [3.05, 3.63) is 155 Å². The number of hydrogen-bond acceptors (Lipinski definition) is 8. The van der Waals surface area contributed by atoms with Crippen LogP contribution in [-0.2, 0) is 32.2 Å². The predicted octanol–water partition coefficient (Wildman–Crippen LogP) is 8.62. The van der Waals surface area contributed by atoms with E-state index in [2.05, 4.69) is 39.8 Å². The number of amides is 2. The molecule has 6 rings (SSSR count). The van der Waals surface area contributed by atoms with E-state index in [0.29, 0.717) is 43.7 Å². The number of hydrogen-bond donors (Lipinski definition) is 5. The van der Waals surface area contributed by atoms with Gasteiger partial charge in [0.25, 0.3) is 0 Å². The molecule has 1 aliphatic rings. The number of nitrogens with two attached hydrogens (primary N) is 1. The number of anilines is 2. The average molecular weight is 799 g/mol. The van der Waals surface area contributed by atoms with Crippen LogP contribution in [0.25, 0.3) is 11.1 Å². The molecule has 5 atom stereocenters. The number of carbonyl (C=O) groups is 2. The Bertz CT molecular complexity index is 2090. The number of nitrogens with one attached hydrogen (secondary N) is 2. The minimum atomic E-state index is -0.649. The Morgan fingerprint density at radius 2 is 1.44 bits per heavy atom. The number of unbranched alkanes of at least 4 members (excludes halogenated alkanes) is 3.